The van der Waals surface area contributed by atoms with E-state index >= 15 is 0 Å². The van der Waals surface area contributed by atoms with Crippen LogP contribution < -0.4 is 10.6 Å². The van der Waals surface area contributed by atoms with Gasteiger partial charge in [-0.15, -0.1) is 0 Å². The Bertz CT molecular complexity index is 638. The maximum Gasteiger partial charge on any atom is 0.221 e. The van der Waals surface area contributed by atoms with E-state index in [1.54, 1.807) is 18.6 Å². The van der Waals surface area contributed by atoms with Crippen LogP contribution in [-0.4, -0.2) is 33.1 Å². The largest absolute Gasteiger partial charge is 0.385 e. The van der Waals surface area contributed by atoms with Crippen LogP contribution in [0.4, 0.5) is 11.8 Å². The van der Waals surface area contributed by atoms with E-state index < -0.39 is 5.60 Å². The predicted octanol–water partition coefficient (Wildman–Crippen LogP) is 1.50. The van der Waals surface area contributed by atoms with Crippen LogP contribution in [0.3, 0.4) is 0 Å². The molecule has 3 heterocycles. The van der Waals surface area contributed by atoms with Crippen molar-refractivity contribution in [3.63, 3.8) is 0 Å². The van der Waals surface area contributed by atoms with Gasteiger partial charge in [0.1, 0.15) is 5.82 Å². The molecule has 1 aliphatic heterocycles. The average molecular weight is 299 g/mol. The summed E-state index contributed by atoms with van der Waals surface area (Å²) in [4.78, 5) is 14.7. The van der Waals surface area contributed by atoms with Gasteiger partial charge in [0.05, 0.1) is 5.60 Å². The van der Waals surface area contributed by atoms with Gasteiger partial charge in [0, 0.05) is 42.8 Å². The molecule has 3 N–H and O–H groups in total. The zero-order chi connectivity index (χ0) is 15.6. The molecule has 0 spiro atoms. The molecule has 1 saturated heterocycles. The molecule has 0 aliphatic carbocycles. The van der Waals surface area contributed by atoms with Crippen molar-refractivity contribution < 1.29 is 5.11 Å². The normalized spacial score (nSPS) is 17.5. The van der Waals surface area contributed by atoms with Gasteiger partial charge in [0.15, 0.2) is 0 Å². The highest BCUT2D eigenvalue weighted by Gasteiger charge is 2.35. The van der Waals surface area contributed by atoms with Gasteiger partial charge in [0.2, 0.25) is 5.95 Å². The number of nitrogens with two attached hydrogens (primary N) is 1. The molecule has 116 valence electrons. The second-order valence-electron chi connectivity index (χ2n) is 5.69. The lowest BCUT2D eigenvalue weighted by Crippen LogP contribution is -2.43. The number of nitrogens with zero attached hydrogens (tertiary/aromatic N) is 4. The van der Waals surface area contributed by atoms with Crippen LogP contribution in [0.5, 0.6) is 0 Å². The van der Waals surface area contributed by atoms with Gasteiger partial charge in [0.25, 0.3) is 0 Å². The number of hydrogen-bond acceptors (Lipinski definition) is 6. The fraction of sp³-hybridized carbons (Fsp3) is 0.438. The highest BCUT2D eigenvalue weighted by atomic mass is 16.3. The van der Waals surface area contributed by atoms with Gasteiger partial charge >= 0.3 is 0 Å². The molecule has 2 aromatic heterocycles. The second kappa shape index (κ2) is 5.88. The first kappa shape index (κ1) is 14.7. The summed E-state index contributed by atoms with van der Waals surface area (Å²) in [5.41, 5.74) is 6.88. The Morgan fingerprint density at radius 1 is 1.32 bits per heavy atom. The van der Waals surface area contributed by atoms with Gasteiger partial charge in [-0.1, -0.05) is 13.0 Å². The Morgan fingerprint density at radius 2 is 2.09 bits per heavy atom. The Kier molecular flexibility index (Phi) is 3.94. The fourth-order valence-corrected chi connectivity index (χ4v) is 2.95. The molecule has 0 aromatic carbocycles. The van der Waals surface area contributed by atoms with Gasteiger partial charge in [-0.3, -0.25) is 4.98 Å². The van der Waals surface area contributed by atoms with Crippen LogP contribution in [0.15, 0.2) is 30.7 Å². The molecule has 3 rings (SSSR count). The van der Waals surface area contributed by atoms with Crippen molar-refractivity contribution in [3.8, 4) is 0 Å². The molecule has 0 unspecified atom stereocenters. The molecular formula is C16H21N5O. The van der Waals surface area contributed by atoms with E-state index in [0.717, 1.165) is 36.5 Å². The molecule has 0 atom stereocenters. The Morgan fingerprint density at radius 3 is 2.73 bits per heavy atom. The predicted molar refractivity (Wildman–Crippen MR) is 85.4 cm³/mol. The molecule has 0 amide bonds. The van der Waals surface area contributed by atoms with Gasteiger partial charge in [-0.25, -0.2) is 4.98 Å². The van der Waals surface area contributed by atoms with Crippen molar-refractivity contribution in [2.24, 2.45) is 0 Å². The van der Waals surface area contributed by atoms with E-state index in [1.807, 2.05) is 12.1 Å². The Labute approximate surface area is 130 Å². The van der Waals surface area contributed by atoms with Crippen molar-refractivity contribution in [2.75, 3.05) is 23.7 Å². The third-order valence-corrected chi connectivity index (χ3v) is 4.33. The zero-order valence-corrected chi connectivity index (χ0v) is 12.7. The number of aromatic nitrogens is 3. The van der Waals surface area contributed by atoms with Crippen molar-refractivity contribution in [1.82, 2.24) is 15.0 Å². The number of hydrogen-bond donors (Lipinski definition) is 2. The number of pyridine rings is 1. The summed E-state index contributed by atoms with van der Waals surface area (Å²) in [5, 5.41) is 10.9. The fourth-order valence-electron chi connectivity index (χ4n) is 2.95. The maximum absolute atomic E-state index is 10.9. The van der Waals surface area contributed by atoms with Crippen LogP contribution in [0.2, 0.25) is 0 Å². The van der Waals surface area contributed by atoms with Crippen LogP contribution in [0.1, 0.15) is 30.9 Å². The highest BCUT2D eigenvalue weighted by molar-refractivity contribution is 5.49. The van der Waals surface area contributed by atoms with E-state index in [4.69, 9.17) is 5.73 Å². The van der Waals surface area contributed by atoms with E-state index in [0.29, 0.717) is 18.8 Å². The number of nitrogen functional groups attached to an aromatic ring is 1. The van der Waals surface area contributed by atoms with Crippen LogP contribution in [0.25, 0.3) is 0 Å². The van der Waals surface area contributed by atoms with Crippen LogP contribution in [-0.2, 0) is 12.0 Å². The minimum Gasteiger partial charge on any atom is -0.385 e. The van der Waals surface area contributed by atoms with Crippen molar-refractivity contribution in [1.29, 1.82) is 0 Å². The van der Waals surface area contributed by atoms with E-state index in [-0.39, 0.29) is 0 Å². The third kappa shape index (κ3) is 2.74. The summed E-state index contributed by atoms with van der Waals surface area (Å²) in [6, 6.07) is 3.79. The summed E-state index contributed by atoms with van der Waals surface area (Å²) >= 11 is 0. The molecule has 0 bridgehead atoms. The first-order valence-corrected chi connectivity index (χ1v) is 7.61. The summed E-state index contributed by atoms with van der Waals surface area (Å²) in [5.74, 6) is 1.18. The molecule has 22 heavy (non-hydrogen) atoms. The monoisotopic (exact) mass is 299 g/mol. The van der Waals surface area contributed by atoms with E-state index in [1.165, 1.54) is 0 Å². The molecule has 0 radical (unpaired) electrons. The van der Waals surface area contributed by atoms with Gasteiger partial charge in [-0.05, 0) is 25.3 Å². The lowest BCUT2D eigenvalue weighted by molar-refractivity contribution is 0.0113. The van der Waals surface area contributed by atoms with Crippen LogP contribution in [0, 0.1) is 0 Å². The van der Waals surface area contributed by atoms with Crippen molar-refractivity contribution in [2.45, 2.75) is 31.8 Å². The molecule has 6 nitrogen and oxygen atoms in total. The molecule has 0 saturated carbocycles. The summed E-state index contributed by atoms with van der Waals surface area (Å²) < 4.78 is 0. The van der Waals surface area contributed by atoms with Gasteiger partial charge < -0.3 is 15.7 Å². The minimum absolute atomic E-state index is 0.292. The quantitative estimate of drug-likeness (QED) is 0.893. The average Bonchev–Trinajstić information content (AvgIpc) is 2.56. The number of piperidine rings is 1. The minimum atomic E-state index is -0.810. The first-order chi connectivity index (χ1) is 10.6. The topological polar surface area (TPSA) is 88.2 Å². The molecule has 2 aromatic rings. The number of aliphatic hydroxyl groups is 1. The summed E-state index contributed by atoms with van der Waals surface area (Å²) in [7, 11) is 0. The standard InChI is InChI=1S/C16H21N5O/c1-2-12-10-19-15(17)20-14(12)21-8-5-16(22,6-9-21)13-4-3-7-18-11-13/h3-4,7,10-11,22H,2,5-6,8-9H2,1H3,(H2,17,19,20). The van der Waals surface area contributed by atoms with Crippen molar-refractivity contribution >= 4 is 11.8 Å². The number of aryl methyl sites for hydroxylation is 1. The number of anilines is 2. The second-order valence-corrected chi connectivity index (χ2v) is 5.69. The van der Waals surface area contributed by atoms with E-state index in [2.05, 4.69) is 26.8 Å². The summed E-state index contributed by atoms with van der Waals surface area (Å²) in [6.07, 6.45) is 7.41. The molecule has 1 fully saturated rings. The SMILES string of the molecule is CCc1cnc(N)nc1N1CCC(O)(c2cccnc2)CC1. The summed E-state index contributed by atoms with van der Waals surface area (Å²) in [6.45, 7) is 3.54. The number of rotatable bonds is 3. The molecule has 6 heteroatoms. The lowest BCUT2D eigenvalue weighted by Gasteiger charge is -2.39. The van der Waals surface area contributed by atoms with E-state index in [9.17, 15) is 5.11 Å². The molecule has 1 aliphatic rings. The third-order valence-electron chi connectivity index (χ3n) is 4.33. The Hall–Kier alpha value is -2.21. The highest BCUT2D eigenvalue weighted by Crippen LogP contribution is 2.34. The Balaban J connectivity index is 1.79. The maximum atomic E-state index is 10.9. The lowest BCUT2D eigenvalue weighted by atomic mass is 9.85. The van der Waals surface area contributed by atoms with Crippen LogP contribution >= 0.6 is 0 Å². The van der Waals surface area contributed by atoms with Crippen molar-refractivity contribution in [3.05, 3.63) is 41.9 Å². The zero-order valence-electron chi connectivity index (χ0n) is 12.7. The molecular weight excluding hydrogens is 278 g/mol. The smallest absolute Gasteiger partial charge is 0.221 e. The first-order valence-electron chi connectivity index (χ1n) is 7.61. The van der Waals surface area contributed by atoms with Gasteiger partial charge in [-0.2, -0.15) is 4.98 Å².